The van der Waals surface area contributed by atoms with Crippen LogP contribution >= 0.6 is 0 Å². The zero-order valence-corrected chi connectivity index (χ0v) is 19.0. The van der Waals surface area contributed by atoms with Crippen molar-refractivity contribution in [1.29, 1.82) is 0 Å². The van der Waals surface area contributed by atoms with Crippen molar-refractivity contribution in [3.8, 4) is 0 Å². The molecule has 0 spiro atoms. The summed E-state index contributed by atoms with van der Waals surface area (Å²) in [6.07, 6.45) is 5.24. The second kappa shape index (κ2) is 9.55. The Kier molecular flexibility index (Phi) is 6.80. The summed E-state index contributed by atoms with van der Waals surface area (Å²) < 4.78 is 5.49. The van der Waals surface area contributed by atoms with Crippen LogP contribution < -0.4 is 4.90 Å². The third-order valence-corrected chi connectivity index (χ3v) is 7.53. The molecule has 3 fully saturated rings. The van der Waals surface area contributed by atoms with Crippen LogP contribution in [0.25, 0.3) is 0 Å². The Morgan fingerprint density at radius 1 is 1.13 bits per heavy atom. The summed E-state index contributed by atoms with van der Waals surface area (Å²) in [6, 6.07) is 5.93. The van der Waals surface area contributed by atoms with Crippen molar-refractivity contribution in [3.05, 3.63) is 24.4 Å². The number of ether oxygens (including phenoxy) is 1. The zero-order chi connectivity index (χ0) is 21.8. The maximum atomic E-state index is 13.9. The Morgan fingerprint density at radius 2 is 1.90 bits per heavy atom. The minimum atomic E-state index is -0.460. The Balaban J connectivity index is 1.62. The second-order valence-corrected chi connectivity index (χ2v) is 9.23. The van der Waals surface area contributed by atoms with Gasteiger partial charge in [-0.2, -0.15) is 0 Å². The molecule has 0 bridgehead atoms. The van der Waals surface area contributed by atoms with Gasteiger partial charge in [-0.1, -0.05) is 19.9 Å². The topological polar surface area (TPSA) is 66.0 Å². The molecule has 0 N–H and O–H groups in total. The van der Waals surface area contributed by atoms with E-state index in [0.29, 0.717) is 39.4 Å². The van der Waals surface area contributed by atoms with E-state index in [1.165, 1.54) is 0 Å². The lowest BCUT2D eigenvalue weighted by Crippen LogP contribution is -2.53. The molecule has 0 saturated carbocycles. The maximum Gasteiger partial charge on any atom is 0.231 e. The van der Waals surface area contributed by atoms with E-state index in [1.807, 2.05) is 29.3 Å². The summed E-state index contributed by atoms with van der Waals surface area (Å²) in [6.45, 7) is 9.58. The van der Waals surface area contributed by atoms with E-state index < -0.39 is 5.41 Å². The standard InChI is InChI=1S/C24H36N4O3/c1-3-19(4-2)22(29)27-11-7-9-24(23(30)26-12-14-31-15-13-26)18-28(17-20(24)16-27)21-8-5-6-10-25-21/h5-6,8,10,19-20H,3-4,7,9,11-18H2,1-2H3/t20-,24-/m1/s1. The molecule has 4 rings (SSSR count). The molecule has 0 radical (unpaired) electrons. The van der Waals surface area contributed by atoms with E-state index in [2.05, 4.69) is 28.6 Å². The molecule has 31 heavy (non-hydrogen) atoms. The molecule has 7 nitrogen and oxygen atoms in total. The number of carbonyl (C=O) groups is 2. The van der Waals surface area contributed by atoms with Crippen LogP contribution in [0.1, 0.15) is 39.5 Å². The van der Waals surface area contributed by atoms with E-state index in [-0.39, 0.29) is 23.7 Å². The van der Waals surface area contributed by atoms with Crippen molar-refractivity contribution in [1.82, 2.24) is 14.8 Å². The normalized spacial score (nSPS) is 26.7. The van der Waals surface area contributed by atoms with Crippen molar-refractivity contribution in [3.63, 3.8) is 0 Å². The minimum Gasteiger partial charge on any atom is -0.378 e. The first-order chi connectivity index (χ1) is 15.1. The van der Waals surface area contributed by atoms with Crippen LogP contribution in [0.4, 0.5) is 5.82 Å². The summed E-state index contributed by atoms with van der Waals surface area (Å²) in [5.74, 6) is 1.62. The highest BCUT2D eigenvalue weighted by Gasteiger charge is 2.55. The maximum absolute atomic E-state index is 13.9. The van der Waals surface area contributed by atoms with Crippen molar-refractivity contribution in [2.24, 2.45) is 17.3 Å². The highest BCUT2D eigenvalue weighted by molar-refractivity contribution is 5.85. The third kappa shape index (κ3) is 4.29. The summed E-state index contributed by atoms with van der Waals surface area (Å²) in [5.41, 5.74) is -0.460. The van der Waals surface area contributed by atoms with Crippen molar-refractivity contribution in [2.75, 3.05) is 57.4 Å². The highest BCUT2D eigenvalue weighted by atomic mass is 16.5. The molecule has 170 valence electrons. The average Bonchev–Trinajstić information content (AvgIpc) is 3.09. The quantitative estimate of drug-likeness (QED) is 0.721. The van der Waals surface area contributed by atoms with Gasteiger partial charge < -0.3 is 19.4 Å². The smallest absolute Gasteiger partial charge is 0.231 e. The molecule has 0 aromatic carbocycles. The molecular weight excluding hydrogens is 392 g/mol. The fourth-order valence-corrected chi connectivity index (χ4v) is 5.68. The van der Waals surface area contributed by atoms with E-state index in [0.717, 1.165) is 44.6 Å². The van der Waals surface area contributed by atoms with Crippen LogP contribution in [-0.4, -0.2) is 79.1 Å². The predicted octanol–water partition coefficient (Wildman–Crippen LogP) is 2.42. The molecule has 7 heteroatoms. The van der Waals surface area contributed by atoms with Crippen LogP contribution in [0.3, 0.4) is 0 Å². The van der Waals surface area contributed by atoms with Gasteiger partial charge in [0, 0.05) is 57.3 Å². The van der Waals surface area contributed by atoms with Crippen molar-refractivity contribution < 1.29 is 14.3 Å². The highest BCUT2D eigenvalue weighted by Crippen LogP contribution is 2.45. The van der Waals surface area contributed by atoms with Crippen LogP contribution in [0.2, 0.25) is 0 Å². The van der Waals surface area contributed by atoms with Gasteiger partial charge >= 0.3 is 0 Å². The monoisotopic (exact) mass is 428 g/mol. The first-order valence-corrected chi connectivity index (χ1v) is 11.9. The van der Waals surface area contributed by atoms with E-state index in [9.17, 15) is 9.59 Å². The third-order valence-electron chi connectivity index (χ3n) is 7.53. The number of morpholine rings is 1. The Morgan fingerprint density at radius 3 is 2.58 bits per heavy atom. The van der Waals surface area contributed by atoms with Gasteiger partial charge in [-0.25, -0.2) is 4.98 Å². The molecule has 3 saturated heterocycles. The molecule has 2 atom stereocenters. The van der Waals surface area contributed by atoms with Gasteiger partial charge in [-0.05, 0) is 37.8 Å². The van der Waals surface area contributed by atoms with Gasteiger partial charge in [0.25, 0.3) is 0 Å². The Hall–Kier alpha value is -2.15. The largest absolute Gasteiger partial charge is 0.378 e. The number of pyridine rings is 1. The van der Waals surface area contributed by atoms with E-state index in [1.54, 1.807) is 0 Å². The van der Waals surface area contributed by atoms with Crippen LogP contribution in [0, 0.1) is 17.3 Å². The van der Waals surface area contributed by atoms with E-state index in [4.69, 9.17) is 4.74 Å². The molecule has 4 heterocycles. The molecule has 0 unspecified atom stereocenters. The fourth-order valence-electron chi connectivity index (χ4n) is 5.68. The molecule has 1 aromatic heterocycles. The SMILES string of the molecule is CCC(CC)C(=O)N1CCC[C@@]2(C(=O)N3CCOCC3)CN(c3ccccn3)C[C@H]2C1. The minimum absolute atomic E-state index is 0.0794. The number of carbonyl (C=O) groups excluding carboxylic acids is 2. The zero-order valence-electron chi connectivity index (χ0n) is 19.0. The summed E-state index contributed by atoms with van der Waals surface area (Å²) in [4.78, 5) is 38.0. The van der Waals surface area contributed by atoms with Crippen LogP contribution in [0.5, 0.6) is 0 Å². The van der Waals surface area contributed by atoms with E-state index >= 15 is 0 Å². The van der Waals surface area contributed by atoms with Gasteiger partial charge in [-0.3, -0.25) is 9.59 Å². The summed E-state index contributed by atoms with van der Waals surface area (Å²) in [5, 5.41) is 0. The number of fused-ring (bicyclic) bond motifs is 1. The number of hydrogen-bond donors (Lipinski definition) is 0. The second-order valence-electron chi connectivity index (χ2n) is 9.23. The molecular formula is C24H36N4O3. The number of likely N-dealkylation sites (tertiary alicyclic amines) is 1. The lowest BCUT2D eigenvalue weighted by molar-refractivity contribution is -0.148. The summed E-state index contributed by atoms with van der Waals surface area (Å²) >= 11 is 0. The Labute approximate surface area is 185 Å². The molecule has 2 amide bonds. The molecule has 0 aliphatic carbocycles. The number of aromatic nitrogens is 1. The van der Waals surface area contributed by atoms with Gasteiger partial charge in [-0.15, -0.1) is 0 Å². The van der Waals surface area contributed by atoms with Crippen molar-refractivity contribution in [2.45, 2.75) is 39.5 Å². The predicted molar refractivity (Wildman–Crippen MR) is 120 cm³/mol. The number of hydrogen-bond acceptors (Lipinski definition) is 5. The number of amides is 2. The lowest BCUT2D eigenvalue weighted by atomic mass is 9.73. The Bertz CT molecular complexity index is 763. The number of anilines is 1. The lowest BCUT2D eigenvalue weighted by Gasteiger charge is -2.39. The average molecular weight is 429 g/mol. The van der Waals surface area contributed by atoms with Gasteiger partial charge in [0.05, 0.1) is 18.6 Å². The van der Waals surface area contributed by atoms with Gasteiger partial charge in [0.15, 0.2) is 0 Å². The number of rotatable bonds is 5. The van der Waals surface area contributed by atoms with Crippen LogP contribution in [0.15, 0.2) is 24.4 Å². The van der Waals surface area contributed by atoms with Gasteiger partial charge in [0.2, 0.25) is 11.8 Å². The first-order valence-electron chi connectivity index (χ1n) is 11.9. The molecule has 3 aliphatic rings. The summed E-state index contributed by atoms with van der Waals surface area (Å²) in [7, 11) is 0. The van der Waals surface area contributed by atoms with Gasteiger partial charge in [0.1, 0.15) is 5.82 Å². The molecule has 3 aliphatic heterocycles. The van der Waals surface area contributed by atoms with Crippen LogP contribution in [-0.2, 0) is 14.3 Å². The van der Waals surface area contributed by atoms with Crippen molar-refractivity contribution >= 4 is 17.6 Å². The first kappa shape index (κ1) is 22.1. The number of nitrogens with zero attached hydrogens (tertiary/aromatic N) is 4. The fraction of sp³-hybridized carbons (Fsp3) is 0.708. The molecule has 1 aromatic rings.